The maximum absolute atomic E-state index is 13.0. The van der Waals surface area contributed by atoms with Crippen molar-refractivity contribution in [1.29, 1.82) is 0 Å². The maximum atomic E-state index is 13.0. The zero-order valence-electron chi connectivity index (χ0n) is 18.9. The van der Waals surface area contributed by atoms with Crippen LogP contribution in [0.3, 0.4) is 0 Å². The van der Waals surface area contributed by atoms with Gasteiger partial charge in [0, 0.05) is 18.0 Å². The van der Waals surface area contributed by atoms with Gasteiger partial charge in [-0.05, 0) is 60.5 Å². The van der Waals surface area contributed by atoms with Crippen LogP contribution in [0.15, 0.2) is 66.7 Å². The van der Waals surface area contributed by atoms with Crippen LogP contribution >= 0.6 is 0 Å². The third-order valence-electron chi connectivity index (χ3n) is 6.15. The van der Waals surface area contributed by atoms with Gasteiger partial charge in [0.05, 0.1) is 17.1 Å². The van der Waals surface area contributed by atoms with Crippen molar-refractivity contribution < 1.29 is 4.79 Å². The number of benzene rings is 3. The molecule has 168 valence electrons. The summed E-state index contributed by atoms with van der Waals surface area (Å²) in [6.45, 7) is 4.04. The van der Waals surface area contributed by atoms with Gasteiger partial charge in [-0.2, -0.15) is 5.10 Å². The highest BCUT2D eigenvalue weighted by atomic mass is 16.2. The van der Waals surface area contributed by atoms with Gasteiger partial charge in [0.15, 0.2) is 0 Å². The molecule has 3 N–H and O–H groups in total. The lowest BCUT2D eigenvalue weighted by Crippen LogP contribution is -2.24. The molecule has 33 heavy (non-hydrogen) atoms. The lowest BCUT2D eigenvalue weighted by molar-refractivity contribution is 0.262. The van der Waals surface area contributed by atoms with E-state index in [4.69, 9.17) is 5.10 Å². The van der Waals surface area contributed by atoms with E-state index < -0.39 is 0 Å². The molecule has 4 aromatic rings. The molecule has 0 saturated carbocycles. The van der Waals surface area contributed by atoms with Crippen molar-refractivity contribution in [3.8, 4) is 5.69 Å². The molecule has 0 spiro atoms. The van der Waals surface area contributed by atoms with E-state index in [0.29, 0.717) is 5.82 Å². The van der Waals surface area contributed by atoms with Gasteiger partial charge < -0.3 is 10.6 Å². The van der Waals surface area contributed by atoms with Crippen LogP contribution in [0.2, 0.25) is 0 Å². The van der Waals surface area contributed by atoms with E-state index in [9.17, 15) is 4.79 Å². The summed E-state index contributed by atoms with van der Waals surface area (Å²) in [5.41, 5.74) is 5.38. The number of fused-ring (bicyclic) bond motifs is 2. The molecular formula is C27H29N5O. The van der Waals surface area contributed by atoms with Crippen molar-refractivity contribution >= 4 is 28.3 Å². The Hall–Kier alpha value is -3.64. The Morgan fingerprint density at radius 1 is 1.03 bits per heavy atom. The summed E-state index contributed by atoms with van der Waals surface area (Å²) < 4.78 is 1.85. The number of nitrogens with zero attached hydrogens (tertiary/aromatic N) is 2. The first kappa shape index (κ1) is 21.2. The van der Waals surface area contributed by atoms with Crippen molar-refractivity contribution in [2.24, 2.45) is 0 Å². The van der Waals surface area contributed by atoms with E-state index in [0.717, 1.165) is 66.6 Å². The molecule has 1 aliphatic rings. The molecular weight excluding hydrogens is 410 g/mol. The Morgan fingerprint density at radius 3 is 2.82 bits per heavy atom. The highest BCUT2D eigenvalue weighted by Crippen LogP contribution is 2.25. The topological polar surface area (TPSA) is 71.0 Å². The first-order valence-electron chi connectivity index (χ1n) is 11.7. The lowest BCUT2D eigenvalue weighted by atomic mass is 10.0. The zero-order chi connectivity index (χ0) is 22.6. The average molecular weight is 440 g/mol. The van der Waals surface area contributed by atoms with Crippen molar-refractivity contribution in [3.05, 3.63) is 83.6 Å². The first-order valence-corrected chi connectivity index (χ1v) is 11.7. The largest absolute Gasteiger partial charge is 0.324 e. The van der Waals surface area contributed by atoms with Crippen LogP contribution in [0.25, 0.3) is 16.5 Å². The fraction of sp³-hybridized carbons (Fsp3) is 0.259. The van der Waals surface area contributed by atoms with E-state index in [2.05, 4.69) is 41.1 Å². The van der Waals surface area contributed by atoms with Gasteiger partial charge in [-0.15, -0.1) is 0 Å². The van der Waals surface area contributed by atoms with E-state index in [1.54, 1.807) is 0 Å². The lowest BCUT2D eigenvalue weighted by Gasteiger charge is -2.18. The number of hydrogen-bond donors (Lipinski definition) is 3. The minimum Gasteiger partial charge on any atom is -0.312 e. The summed E-state index contributed by atoms with van der Waals surface area (Å²) in [5, 5.41) is 16.4. The summed E-state index contributed by atoms with van der Waals surface area (Å²) in [4.78, 5) is 13.0. The standard InChI is InChI=1S/C27H29N5O/c1-2-3-9-22-17-26(32(31-22)23-13-12-19-14-15-28-18-21(19)16-23)30-27(33)29-25-11-6-8-20-7-4-5-10-24(20)25/h4-8,10-13,16-17,28H,2-3,9,14-15,18H2,1H3,(H2,29,30,33). The molecule has 0 atom stereocenters. The molecule has 5 rings (SSSR count). The van der Waals surface area contributed by atoms with E-state index in [-0.39, 0.29) is 6.03 Å². The molecule has 1 aliphatic heterocycles. The zero-order valence-corrected chi connectivity index (χ0v) is 18.9. The second-order valence-corrected chi connectivity index (χ2v) is 8.52. The number of urea groups is 1. The molecule has 2 amide bonds. The van der Waals surface area contributed by atoms with Crippen molar-refractivity contribution in [1.82, 2.24) is 15.1 Å². The van der Waals surface area contributed by atoms with Crippen LogP contribution in [-0.2, 0) is 19.4 Å². The Bertz CT molecular complexity index is 1290. The van der Waals surface area contributed by atoms with Crippen LogP contribution in [0.1, 0.15) is 36.6 Å². The van der Waals surface area contributed by atoms with E-state index >= 15 is 0 Å². The number of nitrogens with one attached hydrogen (secondary N) is 3. The molecule has 0 fully saturated rings. The number of aromatic nitrogens is 2. The molecule has 0 unspecified atom stereocenters. The Morgan fingerprint density at radius 2 is 1.91 bits per heavy atom. The van der Waals surface area contributed by atoms with Crippen molar-refractivity contribution in [2.75, 3.05) is 17.2 Å². The number of carbonyl (C=O) groups is 1. The highest BCUT2D eigenvalue weighted by molar-refractivity contribution is 6.06. The number of rotatable bonds is 6. The van der Waals surface area contributed by atoms with Gasteiger partial charge in [-0.3, -0.25) is 5.32 Å². The molecule has 0 radical (unpaired) electrons. The normalized spacial score (nSPS) is 13.0. The minimum absolute atomic E-state index is 0.283. The van der Waals surface area contributed by atoms with Gasteiger partial charge in [0.25, 0.3) is 0 Å². The van der Waals surface area contributed by atoms with Crippen LogP contribution in [0, 0.1) is 0 Å². The van der Waals surface area contributed by atoms with Crippen LogP contribution in [0.5, 0.6) is 0 Å². The summed E-state index contributed by atoms with van der Waals surface area (Å²) in [5.74, 6) is 0.669. The summed E-state index contributed by atoms with van der Waals surface area (Å²) in [6, 6.07) is 22.1. The van der Waals surface area contributed by atoms with Crippen LogP contribution in [0.4, 0.5) is 16.3 Å². The van der Waals surface area contributed by atoms with Gasteiger partial charge in [-0.1, -0.05) is 55.8 Å². The monoisotopic (exact) mass is 439 g/mol. The SMILES string of the molecule is CCCCc1cc(NC(=O)Nc2cccc3ccccc23)n(-c2ccc3c(c2)CNCC3)n1. The van der Waals surface area contributed by atoms with Gasteiger partial charge >= 0.3 is 6.03 Å². The molecule has 6 nitrogen and oxygen atoms in total. The third-order valence-corrected chi connectivity index (χ3v) is 6.15. The first-order chi connectivity index (χ1) is 16.2. The van der Waals surface area contributed by atoms with E-state index in [1.165, 1.54) is 11.1 Å². The number of unbranched alkanes of at least 4 members (excludes halogenated alkanes) is 1. The molecule has 3 aromatic carbocycles. The van der Waals surface area contributed by atoms with Gasteiger partial charge in [0.2, 0.25) is 0 Å². The molecule has 0 saturated heterocycles. The fourth-order valence-electron chi connectivity index (χ4n) is 4.40. The third kappa shape index (κ3) is 4.61. The molecule has 6 heteroatoms. The van der Waals surface area contributed by atoms with Gasteiger partial charge in [-0.25, -0.2) is 9.48 Å². The van der Waals surface area contributed by atoms with Crippen molar-refractivity contribution in [2.45, 2.75) is 39.2 Å². The Labute approximate surface area is 194 Å². The number of carbonyl (C=O) groups excluding carboxylic acids is 1. The smallest absolute Gasteiger partial charge is 0.312 e. The van der Waals surface area contributed by atoms with Gasteiger partial charge in [0.1, 0.15) is 5.82 Å². The predicted molar refractivity (Wildman–Crippen MR) is 134 cm³/mol. The maximum Gasteiger partial charge on any atom is 0.324 e. The predicted octanol–water partition coefficient (Wildman–Crippen LogP) is 5.66. The second kappa shape index (κ2) is 9.46. The number of anilines is 2. The van der Waals surface area contributed by atoms with Crippen LogP contribution < -0.4 is 16.0 Å². The summed E-state index contributed by atoms with van der Waals surface area (Å²) >= 11 is 0. The van der Waals surface area contributed by atoms with E-state index in [1.807, 2.05) is 53.2 Å². The molecule has 0 aliphatic carbocycles. The molecule has 0 bridgehead atoms. The highest BCUT2D eigenvalue weighted by Gasteiger charge is 2.16. The molecule has 2 heterocycles. The second-order valence-electron chi connectivity index (χ2n) is 8.52. The Balaban J connectivity index is 1.43. The van der Waals surface area contributed by atoms with Crippen LogP contribution in [-0.4, -0.2) is 22.4 Å². The number of amides is 2. The number of hydrogen-bond acceptors (Lipinski definition) is 3. The quantitative estimate of drug-likeness (QED) is 0.363. The fourth-order valence-corrected chi connectivity index (χ4v) is 4.40. The average Bonchev–Trinajstić information content (AvgIpc) is 3.25. The Kier molecular flexibility index (Phi) is 6.09. The summed E-state index contributed by atoms with van der Waals surface area (Å²) in [7, 11) is 0. The van der Waals surface area contributed by atoms with Crippen molar-refractivity contribution in [3.63, 3.8) is 0 Å². The minimum atomic E-state index is -0.283. The number of aryl methyl sites for hydroxylation is 1. The molecule has 1 aromatic heterocycles. The summed E-state index contributed by atoms with van der Waals surface area (Å²) in [6.07, 6.45) is 4.08.